The van der Waals surface area contributed by atoms with Crippen molar-refractivity contribution in [2.45, 2.75) is 0 Å². The summed E-state index contributed by atoms with van der Waals surface area (Å²) < 4.78 is 5.28. The molecule has 1 nitrogen and oxygen atoms in total. The summed E-state index contributed by atoms with van der Waals surface area (Å²) in [7, 11) is 0. The Bertz CT molecular complexity index is 2670. The van der Waals surface area contributed by atoms with E-state index in [0.717, 1.165) is 11.4 Å². The molecule has 0 unspecified atom stereocenters. The van der Waals surface area contributed by atoms with Crippen LogP contribution in [0, 0.1) is 0 Å². The first-order valence-electron chi connectivity index (χ1n) is 15.3. The highest BCUT2D eigenvalue weighted by Gasteiger charge is 2.19. The first-order valence-corrected chi connectivity index (χ1v) is 16.9. The summed E-state index contributed by atoms with van der Waals surface area (Å²) in [6, 6.07) is 56.1. The van der Waals surface area contributed by atoms with Crippen molar-refractivity contribution in [2.75, 3.05) is 4.90 Å². The Morgan fingerprint density at radius 2 is 0.867 bits per heavy atom. The van der Waals surface area contributed by atoms with Gasteiger partial charge in [-0.2, -0.15) is 0 Å². The fraction of sp³-hybridized carbons (Fsp3) is 0. The van der Waals surface area contributed by atoms with Crippen LogP contribution in [0.4, 0.5) is 17.1 Å². The highest BCUT2D eigenvalue weighted by molar-refractivity contribution is 7.26. The van der Waals surface area contributed by atoms with Crippen molar-refractivity contribution in [1.82, 2.24) is 0 Å². The van der Waals surface area contributed by atoms with Crippen LogP contribution in [0.15, 0.2) is 152 Å². The molecule has 0 aliphatic rings. The summed E-state index contributed by atoms with van der Waals surface area (Å²) in [5, 5.41) is 12.9. The van der Waals surface area contributed by atoms with Crippen molar-refractivity contribution in [3.05, 3.63) is 152 Å². The second-order valence-electron chi connectivity index (χ2n) is 11.7. The van der Waals surface area contributed by atoms with E-state index in [2.05, 4.69) is 157 Å². The quantitative estimate of drug-likeness (QED) is 0.181. The summed E-state index contributed by atoms with van der Waals surface area (Å²) in [5.74, 6) is 0. The Labute approximate surface area is 267 Å². The minimum absolute atomic E-state index is 1.16. The minimum Gasteiger partial charge on any atom is -0.310 e. The number of rotatable bonds is 3. The van der Waals surface area contributed by atoms with E-state index >= 15 is 0 Å². The van der Waals surface area contributed by atoms with Gasteiger partial charge < -0.3 is 4.90 Å². The molecule has 0 radical (unpaired) electrons. The maximum Gasteiger partial charge on any atom is 0.0540 e. The Balaban J connectivity index is 1.29. The molecule has 0 spiro atoms. The number of fused-ring (bicyclic) bond motifs is 11. The van der Waals surface area contributed by atoms with E-state index < -0.39 is 0 Å². The predicted molar refractivity (Wildman–Crippen MR) is 199 cm³/mol. The van der Waals surface area contributed by atoms with Crippen molar-refractivity contribution < 1.29 is 0 Å². The lowest BCUT2D eigenvalue weighted by Crippen LogP contribution is -2.10. The summed E-state index contributed by atoms with van der Waals surface area (Å²) in [6.45, 7) is 0. The van der Waals surface area contributed by atoms with E-state index in [0.29, 0.717) is 0 Å². The van der Waals surface area contributed by atoms with Gasteiger partial charge >= 0.3 is 0 Å². The van der Waals surface area contributed by atoms with Crippen LogP contribution in [0.2, 0.25) is 0 Å². The average molecular weight is 608 g/mol. The molecular formula is C42H25NS2. The summed E-state index contributed by atoms with van der Waals surface area (Å²) >= 11 is 3.73. The van der Waals surface area contributed by atoms with E-state index in [4.69, 9.17) is 0 Å². The number of benzene rings is 8. The molecular weight excluding hydrogens is 583 g/mol. The largest absolute Gasteiger partial charge is 0.310 e. The molecule has 0 amide bonds. The second-order valence-corrected chi connectivity index (χ2v) is 13.9. The van der Waals surface area contributed by atoms with E-state index in [1.807, 2.05) is 22.7 Å². The van der Waals surface area contributed by atoms with Gasteiger partial charge in [0.1, 0.15) is 0 Å². The van der Waals surface area contributed by atoms with Crippen LogP contribution < -0.4 is 4.90 Å². The molecule has 0 N–H and O–H groups in total. The number of hydrogen-bond acceptors (Lipinski definition) is 3. The van der Waals surface area contributed by atoms with Crippen molar-refractivity contribution in [1.29, 1.82) is 0 Å². The maximum atomic E-state index is 2.47. The van der Waals surface area contributed by atoms with Gasteiger partial charge in [-0.15, -0.1) is 22.7 Å². The van der Waals surface area contributed by atoms with Crippen LogP contribution in [0.25, 0.3) is 72.7 Å². The van der Waals surface area contributed by atoms with Gasteiger partial charge in [-0.05, 0) is 81.5 Å². The van der Waals surface area contributed by atoms with Crippen molar-refractivity contribution >= 4 is 112 Å². The van der Waals surface area contributed by atoms with Gasteiger partial charge in [0.05, 0.1) is 5.69 Å². The molecule has 10 rings (SSSR count). The molecule has 2 heterocycles. The van der Waals surface area contributed by atoms with Crippen LogP contribution in [0.1, 0.15) is 0 Å². The summed E-state index contributed by atoms with van der Waals surface area (Å²) in [6.07, 6.45) is 0. The lowest BCUT2D eigenvalue weighted by atomic mass is 9.95. The molecule has 0 atom stereocenters. The Morgan fingerprint density at radius 3 is 1.56 bits per heavy atom. The molecule has 0 bridgehead atoms. The standard InChI is InChI=1S/C42H25NS2/c1-2-9-30-26(8-1)16-17-27-18-21-31-34(42(27)30)12-7-13-37(31)43(28-19-22-40-35(24-28)32-10-3-5-14-38(32)44-40)29-20-23-41-36(25-29)33-11-4-6-15-39(33)45-41/h1-25H. The smallest absolute Gasteiger partial charge is 0.0540 e. The van der Waals surface area contributed by atoms with Crippen LogP contribution in [-0.2, 0) is 0 Å². The summed E-state index contributed by atoms with van der Waals surface area (Å²) in [4.78, 5) is 2.47. The Morgan fingerprint density at radius 1 is 0.333 bits per heavy atom. The predicted octanol–water partition coefficient (Wildman–Crippen LogP) is 13.4. The van der Waals surface area contributed by atoms with Crippen LogP contribution in [0.3, 0.4) is 0 Å². The highest BCUT2D eigenvalue weighted by Crippen LogP contribution is 2.46. The normalized spacial score (nSPS) is 12.0. The molecule has 10 aromatic rings. The summed E-state index contributed by atoms with van der Waals surface area (Å²) in [5.41, 5.74) is 3.51. The zero-order valence-corrected chi connectivity index (χ0v) is 25.8. The number of anilines is 3. The molecule has 210 valence electrons. The molecule has 0 saturated carbocycles. The molecule has 8 aromatic carbocycles. The Hall–Kier alpha value is -5.22. The van der Waals surface area contributed by atoms with Gasteiger partial charge in [0.2, 0.25) is 0 Å². The lowest BCUT2D eigenvalue weighted by molar-refractivity contribution is 1.31. The monoisotopic (exact) mass is 607 g/mol. The van der Waals surface area contributed by atoms with Gasteiger partial charge in [-0.1, -0.05) is 97.1 Å². The highest BCUT2D eigenvalue weighted by atomic mass is 32.1. The maximum absolute atomic E-state index is 2.47. The second kappa shape index (κ2) is 9.64. The van der Waals surface area contributed by atoms with Crippen molar-refractivity contribution in [2.24, 2.45) is 0 Å². The molecule has 45 heavy (non-hydrogen) atoms. The topological polar surface area (TPSA) is 3.24 Å². The molecule has 0 aliphatic heterocycles. The van der Waals surface area contributed by atoms with Crippen LogP contribution in [0.5, 0.6) is 0 Å². The Kier molecular flexibility index (Phi) is 5.39. The van der Waals surface area contributed by atoms with E-state index in [1.165, 1.54) is 78.3 Å². The molecule has 0 fully saturated rings. The van der Waals surface area contributed by atoms with Crippen molar-refractivity contribution in [3.8, 4) is 0 Å². The van der Waals surface area contributed by atoms with Crippen LogP contribution in [-0.4, -0.2) is 0 Å². The third-order valence-corrected chi connectivity index (χ3v) is 11.5. The lowest BCUT2D eigenvalue weighted by Gasteiger charge is -2.27. The minimum atomic E-state index is 1.16. The third-order valence-electron chi connectivity index (χ3n) is 9.22. The molecule has 0 aliphatic carbocycles. The fourth-order valence-corrected chi connectivity index (χ4v) is 9.35. The average Bonchev–Trinajstić information content (AvgIpc) is 3.66. The third kappa shape index (κ3) is 3.78. The van der Waals surface area contributed by atoms with Crippen molar-refractivity contribution in [3.63, 3.8) is 0 Å². The van der Waals surface area contributed by atoms with Gasteiger partial charge in [0, 0.05) is 57.1 Å². The zero-order chi connectivity index (χ0) is 29.5. The van der Waals surface area contributed by atoms with Gasteiger partial charge in [0.25, 0.3) is 0 Å². The molecule has 0 saturated heterocycles. The SMILES string of the molecule is c1ccc2c(c1)ccc1ccc3c(N(c4ccc5sc6ccccc6c5c4)c4ccc5sc6ccccc6c5c4)cccc3c12. The number of nitrogens with zero attached hydrogens (tertiary/aromatic N) is 1. The fourth-order valence-electron chi connectivity index (χ4n) is 7.18. The van der Waals surface area contributed by atoms with Gasteiger partial charge in [-0.3, -0.25) is 0 Å². The van der Waals surface area contributed by atoms with Crippen LogP contribution >= 0.6 is 22.7 Å². The van der Waals surface area contributed by atoms with E-state index in [1.54, 1.807) is 0 Å². The van der Waals surface area contributed by atoms with E-state index in [-0.39, 0.29) is 0 Å². The first kappa shape index (κ1) is 25.1. The first-order chi connectivity index (χ1) is 22.3. The van der Waals surface area contributed by atoms with Gasteiger partial charge in [0.15, 0.2) is 0 Å². The molecule has 2 aromatic heterocycles. The number of thiophene rings is 2. The van der Waals surface area contributed by atoms with Gasteiger partial charge in [-0.25, -0.2) is 0 Å². The van der Waals surface area contributed by atoms with E-state index in [9.17, 15) is 0 Å². The number of hydrogen-bond donors (Lipinski definition) is 0. The zero-order valence-electron chi connectivity index (χ0n) is 24.2. The molecule has 3 heteroatoms.